The monoisotopic (exact) mass is 308 g/mol. The van der Waals surface area contributed by atoms with Crippen LogP contribution in [-0.2, 0) is 0 Å². The number of thiophene rings is 1. The van der Waals surface area contributed by atoms with Crippen molar-refractivity contribution >= 4 is 33.0 Å². The van der Waals surface area contributed by atoms with E-state index < -0.39 is 0 Å². The number of carbonyl (C=O) groups is 2. The lowest BCUT2D eigenvalue weighted by atomic mass is 10.00. The first-order valence-electron chi connectivity index (χ1n) is 7.24. The minimum atomic E-state index is 0.0219. The smallest absolute Gasteiger partial charge is 0.163 e. The van der Waals surface area contributed by atoms with Crippen molar-refractivity contribution in [2.45, 2.75) is 19.8 Å². The van der Waals surface area contributed by atoms with Crippen molar-refractivity contribution in [3.8, 4) is 0 Å². The number of rotatable bonds is 5. The maximum atomic E-state index is 12.3. The van der Waals surface area contributed by atoms with Crippen LogP contribution >= 0.6 is 11.3 Å². The van der Waals surface area contributed by atoms with E-state index in [9.17, 15) is 9.59 Å². The van der Waals surface area contributed by atoms with Gasteiger partial charge in [0.15, 0.2) is 11.6 Å². The largest absolute Gasteiger partial charge is 0.294 e. The van der Waals surface area contributed by atoms with E-state index in [4.69, 9.17) is 0 Å². The number of benzene rings is 2. The molecule has 22 heavy (non-hydrogen) atoms. The predicted molar refractivity (Wildman–Crippen MR) is 90.9 cm³/mol. The van der Waals surface area contributed by atoms with Gasteiger partial charge in [-0.05, 0) is 48.0 Å². The van der Waals surface area contributed by atoms with E-state index in [1.54, 1.807) is 17.4 Å². The summed E-state index contributed by atoms with van der Waals surface area (Å²) in [7, 11) is 0. The molecule has 3 heteroatoms. The highest BCUT2D eigenvalue weighted by Crippen LogP contribution is 2.22. The topological polar surface area (TPSA) is 34.1 Å². The van der Waals surface area contributed by atoms with E-state index in [0.29, 0.717) is 11.1 Å². The SMILES string of the molecule is Cc1cccc(C(=O)CCC(=O)c2ccc3sccc3c2)c1. The van der Waals surface area contributed by atoms with E-state index in [-0.39, 0.29) is 24.4 Å². The van der Waals surface area contributed by atoms with Crippen molar-refractivity contribution in [2.75, 3.05) is 0 Å². The number of aryl methyl sites for hydroxylation is 1. The summed E-state index contributed by atoms with van der Waals surface area (Å²) in [4.78, 5) is 24.4. The highest BCUT2D eigenvalue weighted by atomic mass is 32.1. The van der Waals surface area contributed by atoms with E-state index in [1.807, 2.05) is 54.8 Å². The fourth-order valence-electron chi connectivity index (χ4n) is 2.47. The Hall–Kier alpha value is -2.26. The molecule has 0 radical (unpaired) electrons. The van der Waals surface area contributed by atoms with Gasteiger partial charge in [0.25, 0.3) is 0 Å². The van der Waals surface area contributed by atoms with Crippen LogP contribution in [0.15, 0.2) is 53.9 Å². The molecule has 0 fully saturated rings. The van der Waals surface area contributed by atoms with Gasteiger partial charge in [-0.2, -0.15) is 0 Å². The third-order valence-electron chi connectivity index (χ3n) is 3.69. The van der Waals surface area contributed by atoms with Gasteiger partial charge in [-0.3, -0.25) is 9.59 Å². The number of fused-ring (bicyclic) bond motifs is 1. The molecule has 0 saturated carbocycles. The average Bonchev–Trinajstić information content (AvgIpc) is 2.99. The summed E-state index contributed by atoms with van der Waals surface area (Å²) in [6, 6.07) is 15.2. The molecule has 110 valence electrons. The maximum Gasteiger partial charge on any atom is 0.163 e. The summed E-state index contributed by atoms with van der Waals surface area (Å²) < 4.78 is 1.17. The van der Waals surface area contributed by atoms with E-state index in [0.717, 1.165) is 10.9 Å². The molecule has 3 rings (SSSR count). The second-order valence-electron chi connectivity index (χ2n) is 5.39. The average molecular weight is 308 g/mol. The summed E-state index contributed by atoms with van der Waals surface area (Å²) in [5, 5.41) is 3.10. The van der Waals surface area contributed by atoms with Crippen molar-refractivity contribution in [3.63, 3.8) is 0 Å². The molecule has 2 aromatic carbocycles. The fourth-order valence-corrected chi connectivity index (χ4v) is 3.25. The number of Topliss-reactive ketones (excluding diaryl/α,β-unsaturated/α-hetero) is 2. The van der Waals surface area contributed by atoms with Crippen LogP contribution < -0.4 is 0 Å². The normalized spacial score (nSPS) is 10.8. The third kappa shape index (κ3) is 3.15. The molecule has 0 saturated heterocycles. The molecular weight excluding hydrogens is 292 g/mol. The molecule has 0 aliphatic rings. The number of hydrogen-bond acceptors (Lipinski definition) is 3. The summed E-state index contributed by atoms with van der Waals surface area (Å²) in [5.74, 6) is 0.0442. The second-order valence-corrected chi connectivity index (χ2v) is 6.34. The summed E-state index contributed by atoms with van der Waals surface area (Å²) >= 11 is 1.66. The zero-order valence-electron chi connectivity index (χ0n) is 12.3. The van der Waals surface area contributed by atoms with E-state index >= 15 is 0 Å². The Labute approximate surface area is 133 Å². The van der Waals surface area contributed by atoms with Gasteiger partial charge in [-0.1, -0.05) is 23.8 Å². The Morgan fingerprint density at radius 1 is 0.909 bits per heavy atom. The lowest BCUT2D eigenvalue weighted by Crippen LogP contribution is -2.05. The van der Waals surface area contributed by atoms with Gasteiger partial charge in [-0.25, -0.2) is 0 Å². The van der Waals surface area contributed by atoms with E-state index in [1.165, 1.54) is 4.70 Å². The second kappa shape index (κ2) is 6.24. The van der Waals surface area contributed by atoms with Crippen molar-refractivity contribution < 1.29 is 9.59 Å². The first kappa shape index (κ1) is 14.7. The first-order chi connectivity index (χ1) is 10.6. The van der Waals surface area contributed by atoms with Crippen molar-refractivity contribution in [3.05, 3.63) is 70.6 Å². The quantitative estimate of drug-likeness (QED) is 0.618. The number of ketones is 2. The molecule has 0 atom stereocenters. The van der Waals surface area contributed by atoms with Crippen molar-refractivity contribution in [1.82, 2.24) is 0 Å². The van der Waals surface area contributed by atoms with Gasteiger partial charge in [0, 0.05) is 28.7 Å². The van der Waals surface area contributed by atoms with E-state index in [2.05, 4.69) is 0 Å². The highest BCUT2D eigenvalue weighted by molar-refractivity contribution is 7.17. The zero-order valence-corrected chi connectivity index (χ0v) is 13.2. The molecule has 2 nitrogen and oxygen atoms in total. The van der Waals surface area contributed by atoms with Gasteiger partial charge < -0.3 is 0 Å². The van der Waals surface area contributed by atoms with Crippen LogP contribution in [0.2, 0.25) is 0 Å². The predicted octanol–water partition coefficient (Wildman–Crippen LogP) is 5.06. The molecule has 0 bridgehead atoms. The Balaban J connectivity index is 1.67. The molecule has 0 N–H and O–H groups in total. The lowest BCUT2D eigenvalue weighted by Gasteiger charge is -2.03. The molecule has 0 aliphatic heterocycles. The fraction of sp³-hybridized carbons (Fsp3) is 0.158. The van der Waals surface area contributed by atoms with Gasteiger partial charge in [0.2, 0.25) is 0 Å². The molecule has 0 amide bonds. The van der Waals surface area contributed by atoms with Crippen LogP contribution in [0.3, 0.4) is 0 Å². The summed E-state index contributed by atoms with van der Waals surface area (Å²) in [6.45, 7) is 1.96. The van der Waals surface area contributed by atoms with Gasteiger partial charge in [0.05, 0.1) is 0 Å². The van der Waals surface area contributed by atoms with Crippen LogP contribution in [0.5, 0.6) is 0 Å². The Kier molecular flexibility index (Phi) is 4.16. The van der Waals surface area contributed by atoms with Gasteiger partial charge in [0.1, 0.15) is 0 Å². The summed E-state index contributed by atoms with van der Waals surface area (Å²) in [6.07, 6.45) is 0.506. The Morgan fingerprint density at radius 3 is 2.36 bits per heavy atom. The Morgan fingerprint density at radius 2 is 1.64 bits per heavy atom. The van der Waals surface area contributed by atoms with Crippen LogP contribution in [0.1, 0.15) is 39.1 Å². The first-order valence-corrected chi connectivity index (χ1v) is 8.12. The number of hydrogen-bond donors (Lipinski definition) is 0. The highest BCUT2D eigenvalue weighted by Gasteiger charge is 2.12. The Bertz CT molecular complexity index is 845. The standard InChI is InChI=1S/C19H16O2S/c1-13-3-2-4-14(11-13)17(20)6-7-18(21)15-5-8-19-16(12-15)9-10-22-19/h2-5,8-12H,6-7H2,1H3. The zero-order chi connectivity index (χ0) is 15.5. The van der Waals surface area contributed by atoms with Gasteiger partial charge >= 0.3 is 0 Å². The van der Waals surface area contributed by atoms with Crippen LogP contribution in [0.4, 0.5) is 0 Å². The van der Waals surface area contributed by atoms with Crippen LogP contribution in [0.25, 0.3) is 10.1 Å². The lowest BCUT2D eigenvalue weighted by molar-refractivity contribution is 0.0917. The molecular formula is C19H16O2S. The van der Waals surface area contributed by atoms with Crippen molar-refractivity contribution in [1.29, 1.82) is 0 Å². The molecule has 1 aromatic heterocycles. The van der Waals surface area contributed by atoms with Gasteiger partial charge in [-0.15, -0.1) is 11.3 Å². The van der Waals surface area contributed by atoms with Crippen LogP contribution in [-0.4, -0.2) is 11.6 Å². The maximum absolute atomic E-state index is 12.3. The molecule has 1 heterocycles. The molecule has 0 unspecified atom stereocenters. The third-order valence-corrected chi connectivity index (χ3v) is 4.59. The molecule has 0 aliphatic carbocycles. The van der Waals surface area contributed by atoms with Crippen LogP contribution in [0, 0.1) is 6.92 Å². The molecule has 3 aromatic rings. The summed E-state index contributed by atoms with van der Waals surface area (Å²) in [5.41, 5.74) is 2.42. The van der Waals surface area contributed by atoms with Crippen molar-refractivity contribution in [2.24, 2.45) is 0 Å². The number of carbonyl (C=O) groups excluding carboxylic acids is 2. The minimum absolute atomic E-state index is 0.0219. The molecule has 0 spiro atoms. The minimum Gasteiger partial charge on any atom is -0.294 e.